The zero-order valence-corrected chi connectivity index (χ0v) is 17.9. The Labute approximate surface area is 181 Å². The van der Waals surface area contributed by atoms with Crippen LogP contribution in [-0.2, 0) is 21.4 Å². The first-order valence-corrected chi connectivity index (χ1v) is 10.3. The summed E-state index contributed by atoms with van der Waals surface area (Å²) in [5, 5.41) is 2.14. The molecule has 2 rings (SSSR count). The smallest absolute Gasteiger partial charge is 0.306 e. The number of rotatable bonds is 12. The molecule has 0 spiro atoms. The predicted octanol–water partition coefficient (Wildman–Crippen LogP) is 3.06. The van der Waals surface area contributed by atoms with Crippen LogP contribution in [0.15, 0.2) is 42.6 Å². The van der Waals surface area contributed by atoms with Gasteiger partial charge in [-0.3, -0.25) is 24.5 Å². The third kappa shape index (κ3) is 8.08. The van der Waals surface area contributed by atoms with Gasteiger partial charge in [0, 0.05) is 25.2 Å². The third-order valence-corrected chi connectivity index (χ3v) is 4.54. The van der Waals surface area contributed by atoms with E-state index >= 15 is 0 Å². The molecule has 1 aromatic heterocycles. The Hall–Kier alpha value is -3.42. The maximum Gasteiger partial charge on any atom is 0.306 e. The molecule has 0 saturated heterocycles. The topological polar surface area (TPSA) is 104 Å². The molecule has 1 heterocycles. The molecule has 0 saturated carbocycles. The molecule has 0 atom stereocenters. The maximum absolute atomic E-state index is 12.2. The normalized spacial score (nSPS) is 10.4. The molecule has 2 aromatic rings. The second-order valence-corrected chi connectivity index (χ2v) is 7.05. The number of ketones is 1. The van der Waals surface area contributed by atoms with Crippen LogP contribution in [0, 0.1) is 0 Å². The second-order valence-electron chi connectivity index (χ2n) is 7.05. The molecule has 0 bridgehead atoms. The van der Waals surface area contributed by atoms with E-state index in [1.54, 1.807) is 54.2 Å². The number of imide groups is 1. The lowest BCUT2D eigenvalue weighted by Crippen LogP contribution is -2.35. The molecular weight excluding hydrogens is 400 g/mol. The third-order valence-electron chi connectivity index (χ3n) is 4.54. The van der Waals surface area contributed by atoms with Crippen LogP contribution < -0.4 is 10.1 Å². The lowest BCUT2D eigenvalue weighted by atomic mass is 10.1. The zero-order valence-electron chi connectivity index (χ0n) is 17.9. The Bertz CT molecular complexity index is 901. The molecule has 8 heteroatoms. The van der Waals surface area contributed by atoms with Crippen molar-refractivity contribution in [3.05, 3.63) is 53.9 Å². The van der Waals surface area contributed by atoms with Crippen LogP contribution in [0.2, 0.25) is 0 Å². The predicted molar refractivity (Wildman–Crippen MR) is 114 cm³/mol. The molecule has 166 valence electrons. The van der Waals surface area contributed by atoms with Gasteiger partial charge in [0.15, 0.2) is 12.4 Å². The van der Waals surface area contributed by atoms with Gasteiger partial charge in [-0.25, -0.2) is 0 Å². The molecule has 0 radical (unpaired) electrons. The molecule has 1 N–H and O–H groups in total. The summed E-state index contributed by atoms with van der Waals surface area (Å²) in [4.78, 5) is 47.7. The molecular formula is C23H28N2O6. The second kappa shape index (κ2) is 12.3. The van der Waals surface area contributed by atoms with Gasteiger partial charge >= 0.3 is 5.97 Å². The molecule has 1 aromatic carbocycles. The number of benzene rings is 1. The Kier molecular flexibility index (Phi) is 9.48. The first-order chi connectivity index (χ1) is 14.9. The van der Waals surface area contributed by atoms with E-state index in [0.29, 0.717) is 23.6 Å². The summed E-state index contributed by atoms with van der Waals surface area (Å²) in [6.45, 7) is 2.17. The van der Waals surface area contributed by atoms with Crippen LogP contribution >= 0.6 is 0 Å². The summed E-state index contributed by atoms with van der Waals surface area (Å²) in [7, 11) is 1.67. The van der Waals surface area contributed by atoms with Gasteiger partial charge in [-0.2, -0.15) is 0 Å². The Morgan fingerprint density at radius 2 is 1.74 bits per heavy atom. The highest BCUT2D eigenvalue weighted by molar-refractivity contribution is 6.04. The minimum atomic E-state index is -0.736. The summed E-state index contributed by atoms with van der Waals surface area (Å²) in [6.07, 6.45) is 4.68. The number of aromatic nitrogens is 1. The quantitative estimate of drug-likeness (QED) is 0.317. The van der Waals surface area contributed by atoms with E-state index in [1.807, 2.05) is 0 Å². The fraction of sp³-hybridized carbons (Fsp3) is 0.391. The highest BCUT2D eigenvalue weighted by Gasteiger charge is 2.15. The van der Waals surface area contributed by atoms with Crippen molar-refractivity contribution in [1.29, 1.82) is 0 Å². The number of hydrogen-bond acceptors (Lipinski definition) is 6. The number of ether oxygens (including phenoxy) is 2. The van der Waals surface area contributed by atoms with Crippen molar-refractivity contribution in [3.8, 4) is 5.75 Å². The van der Waals surface area contributed by atoms with Crippen molar-refractivity contribution in [2.75, 3.05) is 13.2 Å². The van der Waals surface area contributed by atoms with Gasteiger partial charge in [0.25, 0.3) is 11.8 Å². The lowest BCUT2D eigenvalue weighted by molar-refractivity contribution is -0.148. The number of unbranched alkanes of at least 4 members (excludes halogenated alkanes) is 2. The average Bonchev–Trinajstić information content (AvgIpc) is 3.20. The Balaban J connectivity index is 1.68. The number of hydrogen-bond donors (Lipinski definition) is 1. The number of aryl methyl sites for hydroxylation is 1. The largest absolute Gasteiger partial charge is 0.494 e. The average molecular weight is 428 g/mol. The number of amides is 2. The van der Waals surface area contributed by atoms with Crippen molar-refractivity contribution in [3.63, 3.8) is 0 Å². The van der Waals surface area contributed by atoms with Crippen molar-refractivity contribution < 1.29 is 28.7 Å². The van der Waals surface area contributed by atoms with Gasteiger partial charge in [0.2, 0.25) is 0 Å². The van der Waals surface area contributed by atoms with Gasteiger partial charge in [0.05, 0.1) is 13.0 Å². The molecule has 0 aliphatic heterocycles. The van der Waals surface area contributed by atoms with E-state index in [-0.39, 0.29) is 18.6 Å². The highest BCUT2D eigenvalue weighted by atomic mass is 16.5. The van der Waals surface area contributed by atoms with E-state index in [1.165, 1.54) is 0 Å². The summed E-state index contributed by atoms with van der Waals surface area (Å²) < 4.78 is 12.0. The molecule has 0 aliphatic carbocycles. The molecule has 0 fully saturated rings. The monoisotopic (exact) mass is 428 g/mol. The molecule has 0 aliphatic rings. The van der Waals surface area contributed by atoms with Gasteiger partial charge in [-0.05, 0) is 42.8 Å². The fourth-order valence-electron chi connectivity index (χ4n) is 2.78. The van der Waals surface area contributed by atoms with Crippen LogP contribution in [0.1, 0.15) is 59.9 Å². The minimum absolute atomic E-state index is 0.0422. The number of nitrogens with one attached hydrogen (secondary N) is 1. The molecule has 0 unspecified atom stereocenters. The lowest BCUT2D eigenvalue weighted by Gasteiger charge is -2.07. The van der Waals surface area contributed by atoms with E-state index in [4.69, 9.17) is 9.47 Å². The first kappa shape index (κ1) is 23.9. The van der Waals surface area contributed by atoms with Gasteiger partial charge in [-0.1, -0.05) is 19.8 Å². The number of carbonyl (C=O) groups excluding carboxylic acids is 4. The summed E-state index contributed by atoms with van der Waals surface area (Å²) in [5.41, 5.74) is 0.780. The fourth-order valence-corrected chi connectivity index (χ4v) is 2.78. The summed E-state index contributed by atoms with van der Waals surface area (Å²) in [5.74, 6) is -1.52. The van der Waals surface area contributed by atoms with Crippen molar-refractivity contribution in [2.24, 2.45) is 7.05 Å². The van der Waals surface area contributed by atoms with Crippen molar-refractivity contribution in [1.82, 2.24) is 9.88 Å². The van der Waals surface area contributed by atoms with Crippen molar-refractivity contribution in [2.45, 2.75) is 39.0 Å². The molecule has 8 nitrogen and oxygen atoms in total. The van der Waals surface area contributed by atoms with Crippen LogP contribution in [0.4, 0.5) is 0 Å². The van der Waals surface area contributed by atoms with Crippen molar-refractivity contribution >= 4 is 23.6 Å². The van der Waals surface area contributed by atoms with E-state index < -0.39 is 24.4 Å². The number of esters is 1. The van der Waals surface area contributed by atoms with Crippen LogP contribution in [0.25, 0.3) is 0 Å². The van der Waals surface area contributed by atoms with Crippen LogP contribution in [0.3, 0.4) is 0 Å². The van der Waals surface area contributed by atoms with E-state index in [2.05, 4.69) is 12.2 Å². The molecule has 2 amide bonds. The summed E-state index contributed by atoms with van der Waals surface area (Å²) in [6, 6.07) is 10.0. The molecule has 31 heavy (non-hydrogen) atoms. The Morgan fingerprint density at radius 1 is 1.00 bits per heavy atom. The van der Waals surface area contributed by atoms with Crippen LogP contribution in [0.5, 0.6) is 5.75 Å². The maximum atomic E-state index is 12.2. The minimum Gasteiger partial charge on any atom is -0.494 e. The number of carbonyl (C=O) groups is 4. The Morgan fingerprint density at radius 3 is 2.39 bits per heavy atom. The number of Topliss-reactive ketones (excluding diaryl/α,β-unsaturated/α-hetero) is 1. The zero-order chi connectivity index (χ0) is 22.6. The highest BCUT2D eigenvalue weighted by Crippen LogP contribution is 2.15. The van der Waals surface area contributed by atoms with Crippen LogP contribution in [-0.4, -0.2) is 41.3 Å². The van der Waals surface area contributed by atoms with E-state index in [0.717, 1.165) is 19.3 Å². The van der Waals surface area contributed by atoms with Gasteiger partial charge in [0.1, 0.15) is 11.4 Å². The standard InChI is InChI=1S/C23H28N2O6/c1-3-4-5-15-30-18-10-8-17(9-11-18)20(26)12-13-22(28)31-16-21(27)24-23(29)19-7-6-14-25(19)2/h6-11,14H,3-5,12-13,15-16H2,1-2H3,(H,24,27,29). The number of nitrogens with zero attached hydrogens (tertiary/aromatic N) is 1. The van der Waals surface area contributed by atoms with Gasteiger partial charge in [-0.15, -0.1) is 0 Å². The van der Waals surface area contributed by atoms with Gasteiger partial charge < -0.3 is 14.0 Å². The SMILES string of the molecule is CCCCCOc1ccc(C(=O)CCC(=O)OCC(=O)NC(=O)c2cccn2C)cc1. The van der Waals surface area contributed by atoms with E-state index in [9.17, 15) is 19.2 Å². The first-order valence-electron chi connectivity index (χ1n) is 10.3. The summed E-state index contributed by atoms with van der Waals surface area (Å²) >= 11 is 0.